The number of carbonyl (C=O) groups is 1. The number of ether oxygens (including phenoxy) is 3. The topological polar surface area (TPSA) is 44.8 Å². The molecule has 4 heteroatoms. The molecule has 1 spiro atoms. The van der Waals surface area contributed by atoms with E-state index in [2.05, 4.69) is 19.1 Å². The molecule has 0 N–H and O–H groups in total. The molecular formula is C27H32O4. The van der Waals surface area contributed by atoms with Crippen LogP contribution in [0, 0.1) is 17.3 Å². The maximum absolute atomic E-state index is 12.7. The van der Waals surface area contributed by atoms with Gasteiger partial charge in [-0.25, -0.2) is 0 Å². The van der Waals surface area contributed by atoms with E-state index >= 15 is 0 Å². The van der Waals surface area contributed by atoms with Crippen molar-refractivity contribution in [1.82, 2.24) is 0 Å². The number of methoxy groups -OCH3 is 1. The van der Waals surface area contributed by atoms with Gasteiger partial charge in [-0.3, -0.25) is 4.79 Å². The van der Waals surface area contributed by atoms with Gasteiger partial charge in [0, 0.05) is 23.8 Å². The molecule has 1 heterocycles. The van der Waals surface area contributed by atoms with Crippen LogP contribution in [0.3, 0.4) is 0 Å². The Morgan fingerprint density at radius 2 is 1.71 bits per heavy atom. The summed E-state index contributed by atoms with van der Waals surface area (Å²) in [5.74, 6) is 1.90. The largest absolute Gasteiger partial charge is 0.497 e. The monoisotopic (exact) mass is 420 g/mol. The summed E-state index contributed by atoms with van der Waals surface area (Å²) in [6, 6.07) is 8.38. The third-order valence-electron chi connectivity index (χ3n) is 8.96. The highest BCUT2D eigenvalue weighted by atomic mass is 16.7. The number of hydrogen-bond donors (Lipinski definition) is 0. The van der Waals surface area contributed by atoms with E-state index in [1.165, 1.54) is 16.7 Å². The van der Waals surface area contributed by atoms with Crippen LogP contribution in [0.25, 0.3) is 5.57 Å². The van der Waals surface area contributed by atoms with Crippen LogP contribution < -0.4 is 4.74 Å². The molecule has 0 unspecified atom stereocenters. The van der Waals surface area contributed by atoms with Gasteiger partial charge >= 0.3 is 0 Å². The summed E-state index contributed by atoms with van der Waals surface area (Å²) in [6.45, 7) is 3.56. The third-order valence-corrected chi connectivity index (χ3v) is 8.96. The average molecular weight is 421 g/mol. The summed E-state index contributed by atoms with van der Waals surface area (Å²) in [5, 5.41) is 0. The number of allylic oxidation sites excluding steroid dienone is 3. The molecule has 4 nitrogen and oxygen atoms in total. The summed E-state index contributed by atoms with van der Waals surface area (Å²) in [5.41, 5.74) is 7.02. The molecule has 0 radical (unpaired) electrons. The lowest BCUT2D eigenvalue weighted by atomic mass is 9.57. The van der Waals surface area contributed by atoms with Crippen molar-refractivity contribution in [2.45, 2.75) is 64.1 Å². The van der Waals surface area contributed by atoms with Crippen LogP contribution in [0.5, 0.6) is 5.75 Å². The van der Waals surface area contributed by atoms with Crippen molar-refractivity contribution in [3.8, 4) is 5.75 Å². The second-order valence-corrected chi connectivity index (χ2v) is 10.2. The van der Waals surface area contributed by atoms with Gasteiger partial charge in [-0.2, -0.15) is 0 Å². The second-order valence-electron chi connectivity index (χ2n) is 10.2. The minimum Gasteiger partial charge on any atom is -0.497 e. The summed E-state index contributed by atoms with van der Waals surface area (Å²) in [4.78, 5) is 12.7. The molecule has 164 valence electrons. The van der Waals surface area contributed by atoms with E-state index in [1.807, 2.05) is 12.1 Å². The number of ketones is 1. The first-order chi connectivity index (χ1) is 15.1. The second kappa shape index (κ2) is 7.05. The van der Waals surface area contributed by atoms with Gasteiger partial charge in [0.15, 0.2) is 5.79 Å². The van der Waals surface area contributed by atoms with Crippen LogP contribution in [0.1, 0.15) is 63.9 Å². The van der Waals surface area contributed by atoms with E-state index in [1.54, 1.807) is 18.3 Å². The van der Waals surface area contributed by atoms with Crippen molar-refractivity contribution in [2.75, 3.05) is 20.3 Å². The first kappa shape index (κ1) is 19.8. The fraction of sp³-hybridized carbons (Fsp3) is 0.593. The zero-order valence-corrected chi connectivity index (χ0v) is 18.7. The Kier molecular flexibility index (Phi) is 4.49. The third kappa shape index (κ3) is 2.77. The summed E-state index contributed by atoms with van der Waals surface area (Å²) >= 11 is 0. The average Bonchev–Trinajstić information content (AvgIpc) is 3.38. The number of hydrogen-bond acceptors (Lipinski definition) is 4. The molecule has 3 fully saturated rings. The minimum atomic E-state index is -0.604. The van der Waals surface area contributed by atoms with Crippen molar-refractivity contribution in [2.24, 2.45) is 17.3 Å². The Morgan fingerprint density at radius 1 is 0.935 bits per heavy atom. The van der Waals surface area contributed by atoms with Crippen LogP contribution in [0.4, 0.5) is 0 Å². The molecule has 1 aromatic rings. The quantitative estimate of drug-likeness (QED) is 0.636. The summed E-state index contributed by atoms with van der Waals surface area (Å²) in [6.07, 6.45) is 8.07. The van der Waals surface area contributed by atoms with Gasteiger partial charge in [0.05, 0.1) is 20.3 Å². The van der Waals surface area contributed by atoms with E-state index in [-0.39, 0.29) is 5.41 Å². The van der Waals surface area contributed by atoms with Crippen LogP contribution in [-0.2, 0) is 14.3 Å². The number of benzene rings is 1. The molecule has 1 aliphatic heterocycles. The highest BCUT2D eigenvalue weighted by Gasteiger charge is 2.55. The van der Waals surface area contributed by atoms with Gasteiger partial charge < -0.3 is 14.2 Å². The molecule has 0 aromatic heterocycles. The molecule has 3 atom stereocenters. The predicted octanol–water partition coefficient (Wildman–Crippen LogP) is 5.47. The molecule has 5 aliphatic rings. The highest BCUT2D eigenvalue weighted by molar-refractivity contribution is 5.87. The van der Waals surface area contributed by atoms with Gasteiger partial charge in [0.2, 0.25) is 0 Å². The smallest absolute Gasteiger partial charge is 0.196 e. The van der Waals surface area contributed by atoms with Crippen molar-refractivity contribution < 1.29 is 19.0 Å². The molecule has 1 aromatic carbocycles. The van der Waals surface area contributed by atoms with Gasteiger partial charge in [0.1, 0.15) is 11.5 Å². The molecule has 1 saturated heterocycles. The SMILES string of the molecule is COc1ccc(C2=C3CC[C@@H]4C(=C3CCC23OCCO3)CC[C@]2(C)C(=O)CC[C@@H]42)cc1. The number of Topliss-reactive ketones (excluding diaryl/α,β-unsaturated/α-hetero) is 1. The van der Waals surface area contributed by atoms with Crippen LogP contribution in [0.2, 0.25) is 0 Å². The standard InChI is InChI=1S/C27H32O4/c1-26-13-11-19-20-12-14-27(30-15-16-31-27)25(17-3-5-18(29-2)6-4-17)22(20)8-7-21(19)23(26)9-10-24(26)28/h3-6,21,23H,7-16H2,1-2H3/t21-,23+,26+/m1/s1. The fourth-order valence-corrected chi connectivity index (χ4v) is 7.41. The first-order valence-electron chi connectivity index (χ1n) is 12.0. The molecular weight excluding hydrogens is 388 g/mol. The van der Waals surface area contributed by atoms with E-state index in [4.69, 9.17) is 14.2 Å². The fourth-order valence-electron chi connectivity index (χ4n) is 7.41. The normalized spacial score (nSPS) is 34.1. The molecule has 2 saturated carbocycles. The summed E-state index contributed by atoms with van der Waals surface area (Å²) < 4.78 is 18.0. The Bertz CT molecular complexity index is 979. The Labute approximate surface area is 184 Å². The van der Waals surface area contributed by atoms with E-state index in [0.29, 0.717) is 30.8 Å². The molecule has 0 bridgehead atoms. The zero-order chi connectivity index (χ0) is 21.2. The predicted molar refractivity (Wildman–Crippen MR) is 119 cm³/mol. The van der Waals surface area contributed by atoms with Crippen molar-refractivity contribution in [1.29, 1.82) is 0 Å². The molecule has 31 heavy (non-hydrogen) atoms. The maximum atomic E-state index is 12.7. The Balaban J connectivity index is 1.48. The van der Waals surface area contributed by atoms with E-state index in [0.717, 1.165) is 57.1 Å². The van der Waals surface area contributed by atoms with Gasteiger partial charge in [0.25, 0.3) is 0 Å². The first-order valence-corrected chi connectivity index (χ1v) is 12.0. The number of carbonyl (C=O) groups excluding carboxylic acids is 1. The minimum absolute atomic E-state index is 0.0810. The van der Waals surface area contributed by atoms with Gasteiger partial charge in [-0.1, -0.05) is 24.6 Å². The lowest BCUT2D eigenvalue weighted by molar-refractivity contribution is -0.128. The lowest BCUT2D eigenvalue weighted by Gasteiger charge is -2.48. The van der Waals surface area contributed by atoms with Crippen LogP contribution in [0.15, 0.2) is 41.0 Å². The van der Waals surface area contributed by atoms with Crippen molar-refractivity contribution in [3.63, 3.8) is 0 Å². The number of rotatable bonds is 2. The van der Waals surface area contributed by atoms with Crippen LogP contribution in [-0.4, -0.2) is 31.9 Å². The molecule has 6 rings (SSSR count). The highest BCUT2D eigenvalue weighted by Crippen LogP contribution is 2.60. The lowest BCUT2D eigenvalue weighted by Crippen LogP contribution is -2.42. The van der Waals surface area contributed by atoms with E-state index < -0.39 is 5.79 Å². The molecule has 0 amide bonds. The zero-order valence-electron chi connectivity index (χ0n) is 18.7. The van der Waals surface area contributed by atoms with Crippen molar-refractivity contribution in [3.05, 3.63) is 46.5 Å². The molecule has 4 aliphatic carbocycles. The Morgan fingerprint density at radius 3 is 2.45 bits per heavy atom. The number of fused-ring (bicyclic) bond motifs is 4. The van der Waals surface area contributed by atoms with E-state index in [9.17, 15) is 4.79 Å². The maximum Gasteiger partial charge on any atom is 0.196 e. The Hall–Kier alpha value is -1.91. The summed E-state index contributed by atoms with van der Waals surface area (Å²) in [7, 11) is 1.70. The van der Waals surface area contributed by atoms with Gasteiger partial charge in [-0.15, -0.1) is 0 Å². The van der Waals surface area contributed by atoms with Crippen LogP contribution >= 0.6 is 0 Å². The van der Waals surface area contributed by atoms with Gasteiger partial charge in [-0.05, 0) is 79.2 Å². The van der Waals surface area contributed by atoms with Crippen molar-refractivity contribution >= 4 is 11.4 Å².